The second-order valence-corrected chi connectivity index (χ2v) is 4.93. The largest absolute Gasteiger partial charge is 0.379 e. The van der Waals surface area contributed by atoms with Crippen LogP contribution in [-0.2, 0) is 9.53 Å². The van der Waals surface area contributed by atoms with Gasteiger partial charge in [0.25, 0.3) is 0 Å². The van der Waals surface area contributed by atoms with E-state index in [1.54, 1.807) is 11.1 Å². The minimum atomic E-state index is -0.428. The lowest BCUT2D eigenvalue weighted by molar-refractivity contribution is -0.130. The molecule has 1 saturated heterocycles. The summed E-state index contributed by atoms with van der Waals surface area (Å²) in [7, 11) is 0. The van der Waals surface area contributed by atoms with Crippen molar-refractivity contribution in [2.75, 3.05) is 26.3 Å². The van der Waals surface area contributed by atoms with Crippen LogP contribution in [-0.4, -0.2) is 53.5 Å². The van der Waals surface area contributed by atoms with E-state index in [0.29, 0.717) is 19.6 Å². The SMILES string of the molecule is CC1(N2CCOCC2)CC(=O)N2C=CC=CC2=N1. The molecule has 0 radical (unpaired) electrons. The van der Waals surface area contributed by atoms with Gasteiger partial charge in [0.05, 0.1) is 19.6 Å². The zero-order valence-corrected chi connectivity index (χ0v) is 10.5. The standard InChI is InChI=1S/C13H17N3O2/c1-13(15-6-8-18-9-7-15)10-12(17)16-5-3-2-4-11(16)14-13/h2-5H,6-10H2,1H3. The van der Waals surface area contributed by atoms with Crippen LogP contribution in [0.3, 0.4) is 0 Å². The van der Waals surface area contributed by atoms with Gasteiger partial charge in [0.1, 0.15) is 11.5 Å². The number of amidine groups is 1. The molecular weight excluding hydrogens is 230 g/mol. The molecule has 1 fully saturated rings. The van der Waals surface area contributed by atoms with Gasteiger partial charge in [-0.2, -0.15) is 0 Å². The lowest BCUT2D eigenvalue weighted by atomic mass is 10.0. The Morgan fingerprint density at radius 3 is 2.89 bits per heavy atom. The first-order valence-corrected chi connectivity index (χ1v) is 6.29. The van der Waals surface area contributed by atoms with Gasteiger partial charge in [-0.25, -0.2) is 4.99 Å². The van der Waals surface area contributed by atoms with Crippen molar-refractivity contribution < 1.29 is 9.53 Å². The lowest BCUT2D eigenvalue weighted by Gasteiger charge is -2.44. The molecule has 3 aliphatic heterocycles. The molecule has 0 bridgehead atoms. The molecule has 3 aliphatic rings. The maximum atomic E-state index is 12.2. The highest BCUT2D eigenvalue weighted by atomic mass is 16.5. The molecule has 0 N–H and O–H groups in total. The quantitative estimate of drug-likeness (QED) is 0.687. The Bertz CT molecular complexity index is 449. The summed E-state index contributed by atoms with van der Waals surface area (Å²) in [6.45, 7) is 5.13. The number of nitrogens with zero attached hydrogens (tertiary/aromatic N) is 3. The van der Waals surface area contributed by atoms with Gasteiger partial charge in [0.15, 0.2) is 0 Å². The fraction of sp³-hybridized carbons (Fsp3) is 0.538. The smallest absolute Gasteiger partial charge is 0.236 e. The zero-order chi connectivity index (χ0) is 12.6. The van der Waals surface area contributed by atoms with E-state index in [0.717, 1.165) is 18.9 Å². The van der Waals surface area contributed by atoms with Crippen molar-refractivity contribution in [3.05, 3.63) is 24.4 Å². The van der Waals surface area contributed by atoms with Crippen molar-refractivity contribution in [3.8, 4) is 0 Å². The van der Waals surface area contributed by atoms with E-state index in [1.807, 2.05) is 25.2 Å². The number of aliphatic imine (C=N–C) groups is 1. The van der Waals surface area contributed by atoms with Gasteiger partial charge in [-0.3, -0.25) is 14.6 Å². The fourth-order valence-electron chi connectivity index (χ4n) is 2.62. The van der Waals surface area contributed by atoms with Crippen LogP contribution in [0, 0.1) is 0 Å². The van der Waals surface area contributed by atoms with E-state index >= 15 is 0 Å². The molecule has 5 nitrogen and oxygen atoms in total. The van der Waals surface area contributed by atoms with E-state index in [-0.39, 0.29) is 5.91 Å². The molecule has 0 spiro atoms. The molecule has 1 amide bonds. The highest BCUT2D eigenvalue weighted by Crippen LogP contribution is 2.29. The summed E-state index contributed by atoms with van der Waals surface area (Å²) in [5.41, 5.74) is -0.428. The van der Waals surface area contributed by atoms with Crippen LogP contribution in [0.15, 0.2) is 29.4 Å². The van der Waals surface area contributed by atoms with Crippen molar-refractivity contribution >= 4 is 11.7 Å². The number of fused-ring (bicyclic) bond motifs is 1. The van der Waals surface area contributed by atoms with Crippen molar-refractivity contribution in [2.24, 2.45) is 4.99 Å². The molecule has 0 aromatic heterocycles. The van der Waals surface area contributed by atoms with E-state index < -0.39 is 5.66 Å². The second kappa shape index (κ2) is 4.33. The number of carbonyl (C=O) groups is 1. The number of morpholine rings is 1. The maximum absolute atomic E-state index is 12.2. The van der Waals surface area contributed by atoms with Crippen LogP contribution < -0.4 is 0 Å². The van der Waals surface area contributed by atoms with E-state index in [9.17, 15) is 4.79 Å². The third-order valence-electron chi connectivity index (χ3n) is 3.64. The first kappa shape index (κ1) is 11.6. The maximum Gasteiger partial charge on any atom is 0.236 e. The van der Waals surface area contributed by atoms with E-state index in [4.69, 9.17) is 9.73 Å². The predicted molar refractivity (Wildman–Crippen MR) is 68.0 cm³/mol. The third kappa shape index (κ3) is 1.89. The molecule has 5 heteroatoms. The van der Waals surface area contributed by atoms with Crippen LogP contribution in [0.4, 0.5) is 0 Å². The topological polar surface area (TPSA) is 45.1 Å². The van der Waals surface area contributed by atoms with Crippen LogP contribution in [0.1, 0.15) is 13.3 Å². The van der Waals surface area contributed by atoms with Crippen LogP contribution in [0.25, 0.3) is 0 Å². The molecule has 0 aromatic carbocycles. The summed E-state index contributed by atoms with van der Waals surface area (Å²) < 4.78 is 5.36. The molecule has 1 atom stereocenters. The van der Waals surface area contributed by atoms with Crippen LogP contribution in [0.5, 0.6) is 0 Å². The summed E-state index contributed by atoms with van der Waals surface area (Å²) >= 11 is 0. The van der Waals surface area contributed by atoms with Gasteiger partial charge in [-0.1, -0.05) is 6.08 Å². The second-order valence-electron chi connectivity index (χ2n) is 4.93. The Hall–Kier alpha value is -1.46. The monoisotopic (exact) mass is 247 g/mol. The Labute approximate surface area is 106 Å². The fourth-order valence-corrected chi connectivity index (χ4v) is 2.62. The van der Waals surface area contributed by atoms with Crippen LogP contribution >= 0.6 is 0 Å². The van der Waals surface area contributed by atoms with Crippen molar-refractivity contribution in [1.82, 2.24) is 9.80 Å². The average molecular weight is 247 g/mol. The van der Waals surface area contributed by atoms with Crippen LogP contribution in [0.2, 0.25) is 0 Å². The number of rotatable bonds is 1. The lowest BCUT2D eigenvalue weighted by Crippen LogP contribution is -2.56. The minimum absolute atomic E-state index is 0.106. The third-order valence-corrected chi connectivity index (χ3v) is 3.64. The molecule has 18 heavy (non-hydrogen) atoms. The number of amides is 1. The molecule has 0 saturated carbocycles. The molecule has 0 aliphatic carbocycles. The van der Waals surface area contributed by atoms with Crippen molar-refractivity contribution in [3.63, 3.8) is 0 Å². The summed E-state index contributed by atoms with van der Waals surface area (Å²) in [6.07, 6.45) is 7.85. The van der Waals surface area contributed by atoms with Crippen molar-refractivity contribution in [2.45, 2.75) is 19.0 Å². The predicted octanol–water partition coefficient (Wildman–Crippen LogP) is 0.749. The molecule has 3 heterocycles. The normalized spacial score (nSPS) is 32.4. The highest BCUT2D eigenvalue weighted by molar-refractivity contribution is 6.08. The van der Waals surface area contributed by atoms with Gasteiger partial charge < -0.3 is 4.74 Å². The Morgan fingerprint density at radius 2 is 2.11 bits per heavy atom. The number of hydrogen-bond donors (Lipinski definition) is 0. The highest BCUT2D eigenvalue weighted by Gasteiger charge is 2.40. The first-order chi connectivity index (χ1) is 8.69. The van der Waals surface area contributed by atoms with Gasteiger partial charge in [0, 0.05) is 19.3 Å². The Morgan fingerprint density at radius 1 is 1.33 bits per heavy atom. The molecule has 96 valence electrons. The van der Waals surface area contributed by atoms with Gasteiger partial charge in [-0.15, -0.1) is 0 Å². The molecule has 3 rings (SSSR count). The number of hydrogen-bond acceptors (Lipinski definition) is 4. The Balaban J connectivity index is 1.91. The first-order valence-electron chi connectivity index (χ1n) is 6.29. The molecule has 1 unspecified atom stereocenters. The van der Waals surface area contributed by atoms with E-state index in [1.165, 1.54) is 0 Å². The van der Waals surface area contributed by atoms with Gasteiger partial charge in [0.2, 0.25) is 5.91 Å². The number of carbonyl (C=O) groups excluding carboxylic acids is 1. The molecular formula is C13H17N3O2. The van der Waals surface area contributed by atoms with E-state index in [2.05, 4.69) is 4.90 Å². The van der Waals surface area contributed by atoms with Gasteiger partial charge in [-0.05, 0) is 19.1 Å². The zero-order valence-electron chi connectivity index (χ0n) is 10.5. The number of allylic oxidation sites excluding steroid dienone is 2. The summed E-state index contributed by atoms with van der Waals surface area (Å²) in [4.78, 5) is 20.8. The number of ether oxygens (including phenoxy) is 1. The van der Waals surface area contributed by atoms with Crippen molar-refractivity contribution in [1.29, 1.82) is 0 Å². The molecule has 0 aromatic rings. The summed E-state index contributed by atoms with van der Waals surface area (Å²) in [6, 6.07) is 0. The summed E-state index contributed by atoms with van der Waals surface area (Å²) in [5.74, 6) is 0.845. The minimum Gasteiger partial charge on any atom is -0.379 e. The Kier molecular flexibility index (Phi) is 2.80. The van der Waals surface area contributed by atoms with Gasteiger partial charge >= 0.3 is 0 Å². The summed E-state index contributed by atoms with van der Waals surface area (Å²) in [5, 5.41) is 0. The average Bonchev–Trinajstić information content (AvgIpc) is 2.40.